The number of rotatable bonds is 2. The van der Waals surface area contributed by atoms with Gasteiger partial charge in [0.25, 0.3) is 5.56 Å². The van der Waals surface area contributed by atoms with Crippen LogP contribution in [-0.2, 0) is 19.4 Å². The summed E-state index contributed by atoms with van der Waals surface area (Å²) in [6.45, 7) is 2.41. The van der Waals surface area contributed by atoms with Gasteiger partial charge in [0.05, 0.1) is 12.2 Å². The van der Waals surface area contributed by atoms with Crippen molar-refractivity contribution in [3.05, 3.63) is 62.0 Å². The van der Waals surface area contributed by atoms with Gasteiger partial charge in [0.1, 0.15) is 0 Å². The molecule has 1 aliphatic rings. The molecule has 1 heterocycles. The van der Waals surface area contributed by atoms with E-state index in [4.69, 9.17) is 17.3 Å². The van der Waals surface area contributed by atoms with E-state index in [0.717, 1.165) is 41.6 Å². The Morgan fingerprint density at radius 1 is 1.48 bits per heavy atom. The van der Waals surface area contributed by atoms with Gasteiger partial charge < -0.3 is 5.73 Å². The lowest BCUT2D eigenvalue weighted by molar-refractivity contribution is 0.529. The highest BCUT2D eigenvalue weighted by atomic mass is 35.5. The Hall–Kier alpha value is -1.65. The summed E-state index contributed by atoms with van der Waals surface area (Å²) in [7, 11) is 0. The topological polar surface area (TPSA) is 60.9 Å². The van der Waals surface area contributed by atoms with Gasteiger partial charge in [-0.15, -0.1) is 0 Å². The van der Waals surface area contributed by atoms with Crippen LogP contribution in [0.1, 0.15) is 28.8 Å². The molecule has 1 aromatic carbocycles. The zero-order valence-electron chi connectivity index (χ0n) is 12.0. The van der Waals surface area contributed by atoms with Gasteiger partial charge in [-0.2, -0.15) is 5.10 Å². The first kappa shape index (κ1) is 14.3. The summed E-state index contributed by atoms with van der Waals surface area (Å²) >= 11 is 6.13. The molecule has 4 nitrogen and oxygen atoms in total. The molecule has 1 atom stereocenters. The second-order valence-electron chi connectivity index (χ2n) is 5.64. The van der Waals surface area contributed by atoms with Crippen molar-refractivity contribution in [2.24, 2.45) is 5.73 Å². The fourth-order valence-electron chi connectivity index (χ4n) is 2.76. The summed E-state index contributed by atoms with van der Waals surface area (Å²) in [4.78, 5) is 12.2. The van der Waals surface area contributed by atoms with E-state index in [1.807, 2.05) is 25.1 Å². The summed E-state index contributed by atoms with van der Waals surface area (Å²) in [5.74, 6) is 0. The highest BCUT2D eigenvalue weighted by Gasteiger charge is 2.18. The van der Waals surface area contributed by atoms with Crippen molar-refractivity contribution in [3.63, 3.8) is 0 Å². The fourth-order valence-corrected chi connectivity index (χ4v) is 2.95. The lowest BCUT2D eigenvalue weighted by Gasteiger charge is -2.21. The molecule has 0 saturated carbocycles. The van der Waals surface area contributed by atoms with Gasteiger partial charge in [-0.25, -0.2) is 4.68 Å². The summed E-state index contributed by atoms with van der Waals surface area (Å²) in [5, 5.41) is 5.23. The van der Waals surface area contributed by atoms with Crippen LogP contribution in [0.3, 0.4) is 0 Å². The fraction of sp³-hybridized carbons (Fsp3) is 0.375. The van der Waals surface area contributed by atoms with Gasteiger partial charge in [-0.1, -0.05) is 23.7 Å². The van der Waals surface area contributed by atoms with Crippen LogP contribution in [-0.4, -0.2) is 15.8 Å². The number of nitrogens with two attached hydrogens (primary N) is 1. The summed E-state index contributed by atoms with van der Waals surface area (Å²) < 4.78 is 1.52. The van der Waals surface area contributed by atoms with Crippen molar-refractivity contribution in [2.75, 3.05) is 0 Å². The number of fused-ring (bicyclic) bond motifs is 1. The molecule has 0 fully saturated rings. The van der Waals surface area contributed by atoms with E-state index in [9.17, 15) is 4.79 Å². The number of halogens is 1. The molecule has 3 rings (SSSR count). The minimum absolute atomic E-state index is 0.0813. The van der Waals surface area contributed by atoms with E-state index in [1.165, 1.54) is 4.68 Å². The molecular formula is C16H18ClN3O. The second-order valence-corrected chi connectivity index (χ2v) is 6.05. The summed E-state index contributed by atoms with van der Waals surface area (Å²) in [6.07, 6.45) is 2.51. The van der Waals surface area contributed by atoms with Crippen LogP contribution >= 0.6 is 11.6 Å². The highest BCUT2D eigenvalue weighted by molar-refractivity contribution is 6.31. The van der Waals surface area contributed by atoms with Crippen LogP contribution in [0.15, 0.2) is 29.1 Å². The van der Waals surface area contributed by atoms with Crippen LogP contribution in [0.5, 0.6) is 0 Å². The third-order valence-electron chi connectivity index (χ3n) is 4.10. The highest BCUT2D eigenvalue weighted by Crippen LogP contribution is 2.20. The quantitative estimate of drug-likeness (QED) is 0.924. The number of aromatic nitrogens is 2. The van der Waals surface area contributed by atoms with E-state index in [1.54, 1.807) is 6.07 Å². The van der Waals surface area contributed by atoms with E-state index in [-0.39, 0.29) is 11.6 Å². The van der Waals surface area contributed by atoms with Gasteiger partial charge in [-0.3, -0.25) is 4.79 Å². The Labute approximate surface area is 128 Å². The van der Waals surface area contributed by atoms with Crippen LogP contribution in [0.2, 0.25) is 5.02 Å². The minimum Gasteiger partial charge on any atom is -0.327 e. The Bertz CT molecular complexity index is 739. The van der Waals surface area contributed by atoms with Crippen LogP contribution in [0.4, 0.5) is 0 Å². The zero-order chi connectivity index (χ0) is 15.0. The third kappa shape index (κ3) is 2.87. The first-order valence-corrected chi connectivity index (χ1v) is 7.52. The predicted octanol–water partition coefficient (Wildman–Crippen LogP) is 2.07. The van der Waals surface area contributed by atoms with Crippen molar-refractivity contribution in [1.82, 2.24) is 9.78 Å². The van der Waals surface area contributed by atoms with Gasteiger partial charge in [-0.05, 0) is 48.9 Å². The van der Waals surface area contributed by atoms with Gasteiger partial charge in [0.2, 0.25) is 0 Å². The Morgan fingerprint density at radius 3 is 3.10 bits per heavy atom. The molecule has 0 aliphatic heterocycles. The molecule has 21 heavy (non-hydrogen) atoms. The van der Waals surface area contributed by atoms with Gasteiger partial charge in [0, 0.05) is 17.1 Å². The van der Waals surface area contributed by atoms with Gasteiger partial charge in [0.15, 0.2) is 0 Å². The lowest BCUT2D eigenvalue weighted by Crippen LogP contribution is -2.33. The Kier molecular flexibility index (Phi) is 3.83. The SMILES string of the molecule is Cc1c(Cl)cccc1Cn1nc2c(cc1=O)CC(N)CC2. The van der Waals surface area contributed by atoms with Crippen LogP contribution in [0.25, 0.3) is 0 Å². The van der Waals surface area contributed by atoms with Crippen LogP contribution < -0.4 is 11.3 Å². The van der Waals surface area contributed by atoms with Crippen molar-refractivity contribution in [2.45, 2.75) is 38.8 Å². The van der Waals surface area contributed by atoms with Crippen molar-refractivity contribution in [1.29, 1.82) is 0 Å². The van der Waals surface area contributed by atoms with E-state index in [0.29, 0.717) is 11.6 Å². The maximum Gasteiger partial charge on any atom is 0.267 e. The molecule has 0 amide bonds. The normalized spacial score (nSPS) is 17.6. The summed E-state index contributed by atoms with van der Waals surface area (Å²) in [5.41, 5.74) is 9.87. The molecule has 1 unspecified atom stereocenters. The largest absolute Gasteiger partial charge is 0.327 e. The number of benzene rings is 1. The Balaban J connectivity index is 1.96. The number of nitrogens with zero attached hydrogens (tertiary/aromatic N) is 2. The molecule has 0 radical (unpaired) electrons. The zero-order valence-corrected chi connectivity index (χ0v) is 12.7. The first-order chi connectivity index (χ1) is 10.0. The van der Waals surface area contributed by atoms with E-state index < -0.39 is 0 Å². The van der Waals surface area contributed by atoms with Gasteiger partial charge >= 0.3 is 0 Å². The summed E-state index contributed by atoms with van der Waals surface area (Å²) in [6, 6.07) is 7.55. The predicted molar refractivity (Wildman–Crippen MR) is 83.8 cm³/mol. The van der Waals surface area contributed by atoms with E-state index >= 15 is 0 Å². The van der Waals surface area contributed by atoms with Crippen molar-refractivity contribution >= 4 is 11.6 Å². The smallest absolute Gasteiger partial charge is 0.267 e. The second kappa shape index (κ2) is 5.62. The van der Waals surface area contributed by atoms with Crippen molar-refractivity contribution in [3.8, 4) is 0 Å². The van der Waals surface area contributed by atoms with Crippen molar-refractivity contribution < 1.29 is 0 Å². The Morgan fingerprint density at radius 2 is 2.29 bits per heavy atom. The molecule has 1 aromatic heterocycles. The minimum atomic E-state index is -0.0813. The van der Waals surface area contributed by atoms with Crippen LogP contribution in [0, 0.1) is 6.92 Å². The maximum absolute atomic E-state index is 12.2. The molecule has 2 aromatic rings. The maximum atomic E-state index is 12.2. The van der Waals surface area contributed by atoms with E-state index in [2.05, 4.69) is 5.10 Å². The first-order valence-electron chi connectivity index (χ1n) is 7.14. The average Bonchev–Trinajstić information content (AvgIpc) is 2.45. The number of aryl methyl sites for hydroxylation is 1. The molecule has 0 spiro atoms. The molecule has 0 bridgehead atoms. The number of hydrogen-bond donors (Lipinski definition) is 1. The molecule has 1 aliphatic carbocycles. The number of hydrogen-bond acceptors (Lipinski definition) is 3. The average molecular weight is 304 g/mol. The molecule has 0 saturated heterocycles. The molecule has 2 N–H and O–H groups in total. The monoisotopic (exact) mass is 303 g/mol. The third-order valence-corrected chi connectivity index (χ3v) is 4.51. The molecular weight excluding hydrogens is 286 g/mol. The molecule has 110 valence electrons. The lowest BCUT2D eigenvalue weighted by atomic mass is 9.93. The standard InChI is InChI=1S/C16H18ClN3O/c1-10-11(3-2-4-14(10)17)9-20-16(21)8-12-7-13(18)5-6-15(12)19-20/h2-4,8,13H,5-7,9,18H2,1H3. The molecule has 5 heteroatoms.